The van der Waals surface area contributed by atoms with Crippen LogP contribution < -0.4 is 21.1 Å². The molecule has 0 radical (unpaired) electrons. The number of nitrogens with one attached hydrogen (secondary N) is 3. The van der Waals surface area contributed by atoms with E-state index in [0.717, 1.165) is 42.8 Å². The Morgan fingerprint density at radius 1 is 1.22 bits per heavy atom. The van der Waals surface area contributed by atoms with Crippen LogP contribution in [0.4, 0.5) is 0 Å². The van der Waals surface area contributed by atoms with Crippen LogP contribution in [0.1, 0.15) is 44.3 Å². The summed E-state index contributed by atoms with van der Waals surface area (Å²) in [5.74, 6) is -2.36. The summed E-state index contributed by atoms with van der Waals surface area (Å²) in [6.07, 6.45) is 3.99. The molecule has 1 aromatic carbocycles. The Hall–Kier alpha value is -2.62. The van der Waals surface area contributed by atoms with E-state index in [0.29, 0.717) is 22.6 Å². The number of hydrogen-bond donors (Lipinski definition) is 5. The minimum Gasteiger partial charge on any atom is -0.480 e. The predicted octanol–water partition coefficient (Wildman–Crippen LogP) is 0.275. The molecule has 196 valence electrons. The van der Waals surface area contributed by atoms with Gasteiger partial charge in [-0.15, -0.1) is 10.2 Å². The van der Waals surface area contributed by atoms with Gasteiger partial charge in [0, 0.05) is 19.2 Å². The van der Waals surface area contributed by atoms with Crippen LogP contribution in [0.5, 0.6) is 0 Å². The summed E-state index contributed by atoms with van der Waals surface area (Å²) in [5, 5.41) is 24.5. The SMILES string of the molecule is Cc1cc(C)c(S(=O)(=O)NC(C(=O)O)C(N)C(=O)c2nnc(CCCCN[C@@H]3N=CCN3)s2)c(C)c1. The average Bonchev–Trinajstić information content (AvgIpc) is 3.47. The minimum atomic E-state index is -4.28. The molecular formula is C22H31N7O5S2. The van der Waals surface area contributed by atoms with Gasteiger partial charge in [-0.1, -0.05) is 29.0 Å². The molecule has 0 bridgehead atoms. The Kier molecular flexibility index (Phi) is 9.38. The van der Waals surface area contributed by atoms with Crippen LogP contribution in [-0.2, 0) is 21.2 Å². The number of unbranched alkanes of at least 4 members (excludes halogenated alkanes) is 1. The number of hydrogen-bond acceptors (Lipinski definition) is 11. The molecular weight excluding hydrogens is 506 g/mol. The Morgan fingerprint density at radius 3 is 2.53 bits per heavy atom. The molecule has 3 atom stereocenters. The summed E-state index contributed by atoms with van der Waals surface area (Å²) < 4.78 is 28.2. The van der Waals surface area contributed by atoms with E-state index in [2.05, 4.69) is 30.5 Å². The highest BCUT2D eigenvalue weighted by Gasteiger charge is 2.37. The zero-order valence-corrected chi connectivity index (χ0v) is 21.9. The van der Waals surface area contributed by atoms with Crippen molar-refractivity contribution in [2.75, 3.05) is 13.1 Å². The van der Waals surface area contributed by atoms with E-state index in [4.69, 9.17) is 5.73 Å². The lowest BCUT2D eigenvalue weighted by atomic mass is 10.1. The van der Waals surface area contributed by atoms with Crippen molar-refractivity contribution in [3.63, 3.8) is 0 Å². The van der Waals surface area contributed by atoms with Gasteiger partial charge in [0.1, 0.15) is 11.0 Å². The molecule has 0 fully saturated rings. The number of Topliss-reactive ketones (excluding diaryl/α,β-unsaturated/α-hetero) is 1. The van der Waals surface area contributed by atoms with Crippen LogP contribution in [0.3, 0.4) is 0 Å². The van der Waals surface area contributed by atoms with Gasteiger partial charge in [-0.3, -0.25) is 25.2 Å². The van der Waals surface area contributed by atoms with E-state index >= 15 is 0 Å². The van der Waals surface area contributed by atoms with Crippen molar-refractivity contribution < 1.29 is 23.1 Å². The summed E-state index contributed by atoms with van der Waals surface area (Å²) in [5.41, 5.74) is 7.73. The van der Waals surface area contributed by atoms with E-state index < -0.39 is 33.9 Å². The number of ketones is 1. The third-order valence-electron chi connectivity index (χ3n) is 5.57. The summed E-state index contributed by atoms with van der Waals surface area (Å²) >= 11 is 1.02. The molecule has 1 aliphatic rings. The highest BCUT2D eigenvalue weighted by Crippen LogP contribution is 2.22. The number of carboxylic acid groups (broad SMARTS) is 1. The van der Waals surface area contributed by atoms with Gasteiger partial charge in [0.2, 0.25) is 15.8 Å². The molecule has 2 unspecified atom stereocenters. The maximum absolute atomic E-state index is 13.0. The lowest BCUT2D eigenvalue weighted by Crippen LogP contribution is -2.55. The molecule has 2 heterocycles. The molecule has 0 saturated heterocycles. The Morgan fingerprint density at radius 2 is 1.92 bits per heavy atom. The van der Waals surface area contributed by atoms with Crippen molar-refractivity contribution in [1.82, 2.24) is 25.6 Å². The van der Waals surface area contributed by atoms with Crippen molar-refractivity contribution in [2.24, 2.45) is 10.7 Å². The number of aromatic nitrogens is 2. The number of aliphatic carboxylic acids is 1. The lowest BCUT2D eigenvalue weighted by Gasteiger charge is -2.21. The first-order valence-corrected chi connectivity index (χ1v) is 13.7. The number of carbonyl (C=O) groups excluding carboxylic acids is 1. The molecule has 3 rings (SSSR count). The highest BCUT2D eigenvalue weighted by molar-refractivity contribution is 7.89. The fourth-order valence-electron chi connectivity index (χ4n) is 3.98. The molecule has 0 amide bonds. The summed E-state index contributed by atoms with van der Waals surface area (Å²) in [7, 11) is -4.28. The number of aliphatic imine (C=N–C) groups is 1. The lowest BCUT2D eigenvalue weighted by molar-refractivity contribution is -0.139. The van der Waals surface area contributed by atoms with E-state index in [1.165, 1.54) is 0 Å². The molecule has 12 nitrogen and oxygen atoms in total. The Balaban J connectivity index is 1.62. The topological polar surface area (TPSA) is 189 Å². The van der Waals surface area contributed by atoms with Crippen molar-refractivity contribution in [2.45, 2.75) is 63.3 Å². The number of nitrogens with two attached hydrogens (primary N) is 1. The zero-order chi connectivity index (χ0) is 26.5. The molecule has 6 N–H and O–H groups in total. The van der Waals surface area contributed by atoms with Crippen LogP contribution in [0.2, 0.25) is 0 Å². The number of benzene rings is 1. The van der Waals surface area contributed by atoms with Crippen LogP contribution in [-0.4, -0.2) is 73.2 Å². The van der Waals surface area contributed by atoms with Crippen molar-refractivity contribution in [3.8, 4) is 0 Å². The number of nitrogens with zero attached hydrogens (tertiary/aromatic N) is 3. The second-order valence-electron chi connectivity index (χ2n) is 8.61. The number of carboxylic acids is 1. The molecule has 0 aliphatic carbocycles. The first-order valence-electron chi connectivity index (χ1n) is 11.4. The largest absolute Gasteiger partial charge is 0.480 e. The fourth-order valence-corrected chi connectivity index (χ4v) is 6.52. The molecule has 0 saturated carbocycles. The normalized spacial score (nSPS) is 17.3. The van der Waals surface area contributed by atoms with Crippen LogP contribution in [0.25, 0.3) is 0 Å². The second-order valence-corrected chi connectivity index (χ2v) is 11.3. The fraction of sp³-hybridized carbons (Fsp3) is 0.500. The molecule has 14 heteroatoms. The monoisotopic (exact) mass is 537 g/mol. The summed E-state index contributed by atoms with van der Waals surface area (Å²) in [4.78, 5) is 29.0. The van der Waals surface area contributed by atoms with Gasteiger partial charge in [-0.25, -0.2) is 8.42 Å². The number of rotatable bonds is 13. The average molecular weight is 538 g/mol. The van der Waals surface area contributed by atoms with Gasteiger partial charge in [-0.05, 0) is 51.3 Å². The van der Waals surface area contributed by atoms with E-state index in [1.807, 2.05) is 13.1 Å². The zero-order valence-electron chi connectivity index (χ0n) is 20.3. The minimum absolute atomic E-state index is 0.0396. The van der Waals surface area contributed by atoms with Crippen molar-refractivity contribution >= 4 is 39.3 Å². The van der Waals surface area contributed by atoms with Crippen LogP contribution in [0.15, 0.2) is 22.0 Å². The van der Waals surface area contributed by atoms with E-state index in [-0.39, 0.29) is 16.2 Å². The van der Waals surface area contributed by atoms with E-state index in [9.17, 15) is 23.1 Å². The first kappa shape index (κ1) is 28.0. The third-order valence-corrected chi connectivity index (χ3v) is 8.32. The smallest absolute Gasteiger partial charge is 0.323 e. The highest BCUT2D eigenvalue weighted by atomic mass is 32.2. The molecule has 1 aromatic heterocycles. The maximum Gasteiger partial charge on any atom is 0.323 e. The molecule has 1 aliphatic heterocycles. The van der Waals surface area contributed by atoms with Gasteiger partial charge < -0.3 is 10.8 Å². The van der Waals surface area contributed by atoms with Gasteiger partial charge in [-0.2, -0.15) is 4.72 Å². The van der Waals surface area contributed by atoms with Gasteiger partial charge in [0.25, 0.3) is 0 Å². The van der Waals surface area contributed by atoms with Crippen molar-refractivity contribution in [3.05, 3.63) is 38.8 Å². The number of carbonyl (C=O) groups is 2. The summed E-state index contributed by atoms with van der Waals surface area (Å²) in [6, 6.07) is -0.206. The standard InChI is InChI=1S/C22H31N7O5S2/c1-12-10-13(2)19(14(3)11-12)36(33,34)29-17(21(31)32)16(23)18(30)20-28-27-15(35-20)6-4-5-7-24-22-25-8-9-26-22/h8,10-11,16-17,22,24,26,29H,4-7,9,23H2,1-3H3,(H,31,32)/t16?,17?,22-/m1/s1. The molecule has 2 aromatic rings. The predicted molar refractivity (Wildman–Crippen MR) is 136 cm³/mol. The van der Waals surface area contributed by atoms with Gasteiger partial charge >= 0.3 is 5.97 Å². The summed E-state index contributed by atoms with van der Waals surface area (Å²) in [6.45, 7) is 6.57. The third kappa shape index (κ3) is 6.99. The van der Waals surface area contributed by atoms with Crippen LogP contribution in [0, 0.1) is 20.8 Å². The molecule has 36 heavy (non-hydrogen) atoms. The quantitative estimate of drug-likeness (QED) is 0.175. The van der Waals surface area contributed by atoms with Gasteiger partial charge in [0.15, 0.2) is 11.3 Å². The Labute approximate surface area is 213 Å². The van der Waals surface area contributed by atoms with E-state index in [1.54, 1.807) is 26.0 Å². The van der Waals surface area contributed by atoms with Crippen molar-refractivity contribution in [1.29, 1.82) is 0 Å². The number of sulfonamides is 1. The van der Waals surface area contributed by atoms with Gasteiger partial charge in [0.05, 0.1) is 10.9 Å². The molecule has 0 spiro atoms. The first-order chi connectivity index (χ1) is 17.0. The van der Waals surface area contributed by atoms with Crippen LogP contribution >= 0.6 is 11.3 Å². The number of aryl methyl sites for hydroxylation is 4. The maximum atomic E-state index is 13.0. The second kappa shape index (κ2) is 12.1. The Bertz CT molecular complexity index is 1220.